The lowest BCUT2D eigenvalue weighted by molar-refractivity contribution is 0.0971. The van der Waals surface area contributed by atoms with Crippen LogP contribution in [0.3, 0.4) is 0 Å². The van der Waals surface area contributed by atoms with Crippen molar-refractivity contribution in [3.63, 3.8) is 0 Å². The molecule has 6 heteroatoms. The summed E-state index contributed by atoms with van der Waals surface area (Å²) in [5.74, 6) is 0.757. The Labute approximate surface area is 215 Å². The number of hydrogen-bond donors (Lipinski definition) is 0. The second-order valence-corrected chi connectivity index (χ2v) is 9.21. The molecule has 1 aliphatic rings. The highest BCUT2D eigenvalue weighted by Crippen LogP contribution is 2.43. The fraction of sp³-hybridized carbons (Fsp3) is 0.226. The minimum absolute atomic E-state index is 0.0660. The van der Waals surface area contributed by atoms with Gasteiger partial charge >= 0.3 is 0 Å². The molecule has 0 fully saturated rings. The number of benzene rings is 3. The molecule has 0 spiro atoms. The summed E-state index contributed by atoms with van der Waals surface area (Å²) in [5, 5.41) is 0.459. The number of methoxy groups -OCH3 is 1. The zero-order chi connectivity index (χ0) is 26.3. The first-order chi connectivity index (χ1) is 17.9. The van der Waals surface area contributed by atoms with Gasteiger partial charge in [-0.15, -0.1) is 0 Å². The van der Waals surface area contributed by atoms with E-state index >= 15 is 0 Å². The molecular formula is C31H29NO5. The van der Waals surface area contributed by atoms with Crippen molar-refractivity contribution < 1.29 is 18.7 Å². The molecule has 6 nitrogen and oxygen atoms in total. The van der Waals surface area contributed by atoms with Gasteiger partial charge in [-0.1, -0.05) is 37.8 Å². The van der Waals surface area contributed by atoms with Gasteiger partial charge in [0.1, 0.15) is 12.2 Å². The van der Waals surface area contributed by atoms with Crippen LogP contribution in [-0.4, -0.2) is 19.6 Å². The van der Waals surface area contributed by atoms with Gasteiger partial charge < -0.3 is 13.9 Å². The van der Waals surface area contributed by atoms with E-state index in [4.69, 9.17) is 13.9 Å². The standard InChI is InChI=1S/C31H29NO5/c1-6-14-36-24-13-10-21(17-26(24)35-5)28-27-29(33)23-15-18(3)19(4)16-25(23)37-30(27)31(34)32(28)22-11-8-20(7-2)9-12-22/h6,8-13,15-17,28H,1,7,14H2,2-5H3. The van der Waals surface area contributed by atoms with E-state index in [1.807, 2.05) is 62.4 Å². The Hall–Kier alpha value is -4.32. The van der Waals surface area contributed by atoms with Gasteiger partial charge in [-0.3, -0.25) is 14.5 Å². The maximum Gasteiger partial charge on any atom is 0.295 e. The number of nitrogens with zero attached hydrogens (tertiary/aromatic N) is 1. The molecule has 37 heavy (non-hydrogen) atoms. The fourth-order valence-electron chi connectivity index (χ4n) is 4.82. The topological polar surface area (TPSA) is 69.0 Å². The summed E-state index contributed by atoms with van der Waals surface area (Å²) >= 11 is 0. The predicted octanol–water partition coefficient (Wildman–Crippen LogP) is 6.30. The second kappa shape index (κ2) is 9.62. The Balaban J connectivity index is 1.76. The SMILES string of the molecule is C=CCOc1ccc(C2c3c(oc4cc(C)c(C)cc4c3=O)C(=O)N2c2ccc(CC)cc2)cc1OC. The Morgan fingerprint density at radius 2 is 1.73 bits per heavy atom. The van der Waals surface area contributed by atoms with E-state index in [1.165, 1.54) is 0 Å². The number of ether oxygens (including phenoxy) is 2. The van der Waals surface area contributed by atoms with Crippen LogP contribution in [0.5, 0.6) is 11.5 Å². The molecule has 5 rings (SSSR count). The number of anilines is 1. The van der Waals surface area contributed by atoms with Gasteiger partial charge in [0.15, 0.2) is 16.9 Å². The molecule has 1 amide bonds. The lowest BCUT2D eigenvalue weighted by Gasteiger charge is -2.26. The van der Waals surface area contributed by atoms with Gasteiger partial charge in [0.25, 0.3) is 5.91 Å². The molecule has 1 aromatic heterocycles. The first kappa shape index (κ1) is 24.4. The molecule has 0 bridgehead atoms. The Morgan fingerprint density at radius 1 is 1.00 bits per heavy atom. The zero-order valence-electron chi connectivity index (χ0n) is 21.5. The van der Waals surface area contributed by atoms with Crippen molar-refractivity contribution in [3.05, 3.63) is 111 Å². The first-order valence-electron chi connectivity index (χ1n) is 12.3. The van der Waals surface area contributed by atoms with Gasteiger partial charge in [0, 0.05) is 5.69 Å². The number of amides is 1. The Bertz CT molecular complexity index is 1580. The van der Waals surface area contributed by atoms with Crippen molar-refractivity contribution in [2.45, 2.75) is 33.2 Å². The van der Waals surface area contributed by atoms with Crippen LogP contribution in [0, 0.1) is 13.8 Å². The van der Waals surface area contributed by atoms with Crippen molar-refractivity contribution in [2.24, 2.45) is 0 Å². The molecule has 3 aromatic carbocycles. The molecule has 4 aromatic rings. The summed E-state index contributed by atoms with van der Waals surface area (Å²) in [6.07, 6.45) is 2.53. The quantitative estimate of drug-likeness (QED) is 0.282. The largest absolute Gasteiger partial charge is 0.493 e. The molecule has 0 N–H and O–H groups in total. The van der Waals surface area contributed by atoms with Crippen molar-refractivity contribution >= 4 is 22.6 Å². The molecule has 0 saturated heterocycles. The minimum atomic E-state index is -0.695. The molecule has 1 atom stereocenters. The molecule has 1 unspecified atom stereocenters. The van der Waals surface area contributed by atoms with E-state index in [1.54, 1.807) is 24.2 Å². The average molecular weight is 496 g/mol. The highest BCUT2D eigenvalue weighted by Gasteiger charge is 2.44. The third kappa shape index (κ3) is 4.08. The summed E-state index contributed by atoms with van der Waals surface area (Å²) in [6.45, 7) is 10.0. The zero-order valence-corrected chi connectivity index (χ0v) is 21.5. The first-order valence-corrected chi connectivity index (χ1v) is 12.3. The number of carbonyl (C=O) groups excluding carboxylic acids is 1. The van der Waals surface area contributed by atoms with Crippen molar-refractivity contribution in [1.82, 2.24) is 0 Å². The smallest absolute Gasteiger partial charge is 0.295 e. The van der Waals surface area contributed by atoms with Crippen LogP contribution in [0.1, 0.15) is 51.3 Å². The second-order valence-electron chi connectivity index (χ2n) is 9.21. The molecule has 188 valence electrons. The molecule has 0 saturated carbocycles. The van der Waals surface area contributed by atoms with Gasteiger partial charge in [-0.05, 0) is 78.9 Å². The highest BCUT2D eigenvalue weighted by molar-refractivity contribution is 6.10. The predicted molar refractivity (Wildman–Crippen MR) is 145 cm³/mol. The van der Waals surface area contributed by atoms with Crippen LogP contribution >= 0.6 is 0 Å². The van der Waals surface area contributed by atoms with Crippen LogP contribution in [0.15, 0.2) is 76.5 Å². The van der Waals surface area contributed by atoms with Crippen molar-refractivity contribution in [2.75, 3.05) is 18.6 Å². The summed E-state index contributed by atoms with van der Waals surface area (Å²) < 4.78 is 17.5. The van der Waals surface area contributed by atoms with Crippen LogP contribution < -0.4 is 19.8 Å². The van der Waals surface area contributed by atoms with Crippen molar-refractivity contribution in [1.29, 1.82) is 0 Å². The third-order valence-corrected chi connectivity index (χ3v) is 6.97. The summed E-state index contributed by atoms with van der Waals surface area (Å²) in [6, 6.07) is 16.2. The lowest BCUT2D eigenvalue weighted by Crippen LogP contribution is -2.29. The molecule has 0 aliphatic carbocycles. The number of carbonyl (C=O) groups is 1. The van der Waals surface area contributed by atoms with Crippen molar-refractivity contribution in [3.8, 4) is 11.5 Å². The third-order valence-electron chi connectivity index (χ3n) is 6.97. The van der Waals surface area contributed by atoms with Gasteiger partial charge in [0.2, 0.25) is 5.76 Å². The van der Waals surface area contributed by atoms with Gasteiger partial charge in [-0.25, -0.2) is 0 Å². The van der Waals surface area contributed by atoms with E-state index in [-0.39, 0.29) is 17.1 Å². The summed E-state index contributed by atoms with van der Waals surface area (Å²) in [4.78, 5) is 29.5. The van der Waals surface area contributed by atoms with Gasteiger partial charge in [-0.2, -0.15) is 0 Å². The molecule has 1 aliphatic heterocycles. The van der Waals surface area contributed by atoms with E-state index in [9.17, 15) is 9.59 Å². The summed E-state index contributed by atoms with van der Waals surface area (Å²) in [5.41, 5.74) is 5.04. The molecule has 2 heterocycles. The molecular weight excluding hydrogens is 466 g/mol. The maximum atomic E-state index is 13.9. The highest BCUT2D eigenvalue weighted by atomic mass is 16.5. The fourth-order valence-corrected chi connectivity index (χ4v) is 4.82. The van der Waals surface area contributed by atoms with Crippen LogP contribution in [0.4, 0.5) is 5.69 Å². The minimum Gasteiger partial charge on any atom is -0.493 e. The Kier molecular flexibility index (Phi) is 6.34. The number of rotatable bonds is 7. The van der Waals surface area contributed by atoms with E-state index in [0.717, 1.165) is 23.1 Å². The normalized spacial score (nSPS) is 14.6. The number of aryl methyl sites for hydroxylation is 3. The number of fused-ring (bicyclic) bond motifs is 2. The van der Waals surface area contributed by atoms with Crippen LogP contribution in [0.2, 0.25) is 0 Å². The Morgan fingerprint density at radius 3 is 2.41 bits per heavy atom. The molecule has 0 radical (unpaired) electrons. The van der Waals surface area contributed by atoms with Gasteiger partial charge in [0.05, 0.1) is 24.1 Å². The average Bonchev–Trinajstić information content (AvgIpc) is 3.21. The van der Waals surface area contributed by atoms with Crippen LogP contribution in [0.25, 0.3) is 11.0 Å². The van der Waals surface area contributed by atoms with E-state index in [2.05, 4.69) is 13.5 Å². The van der Waals surface area contributed by atoms with E-state index in [0.29, 0.717) is 45.9 Å². The monoisotopic (exact) mass is 495 g/mol. The lowest BCUT2D eigenvalue weighted by atomic mass is 9.96. The summed E-state index contributed by atoms with van der Waals surface area (Å²) in [7, 11) is 1.56. The number of hydrogen-bond acceptors (Lipinski definition) is 5. The van der Waals surface area contributed by atoms with E-state index < -0.39 is 6.04 Å². The maximum absolute atomic E-state index is 13.9. The van der Waals surface area contributed by atoms with Crippen LogP contribution in [-0.2, 0) is 6.42 Å².